The molecule has 168 valence electrons. The Morgan fingerprint density at radius 1 is 1.16 bits per heavy atom. The Balaban J connectivity index is 0.00000272. The van der Waals surface area contributed by atoms with E-state index < -0.39 is 0 Å². The molecule has 1 saturated heterocycles. The average Bonchev–Trinajstić information content (AvgIpc) is 3.25. The molecule has 0 spiro atoms. The first-order chi connectivity index (χ1) is 14.7. The maximum atomic E-state index is 12.2. The lowest BCUT2D eigenvalue weighted by atomic mass is 9.85. The molecule has 4 rings (SSSR count). The minimum Gasteiger partial charge on any atom is -0.363 e. The first kappa shape index (κ1) is 23.8. The first-order valence-electron chi connectivity index (χ1n) is 10.9. The lowest BCUT2D eigenvalue weighted by Crippen LogP contribution is -2.48. The third-order valence-electron chi connectivity index (χ3n) is 6.01. The molecule has 1 aromatic carbocycles. The van der Waals surface area contributed by atoms with Crippen LogP contribution in [0.3, 0.4) is 0 Å². The van der Waals surface area contributed by atoms with Gasteiger partial charge in [0, 0.05) is 44.3 Å². The minimum atomic E-state index is 0. The Morgan fingerprint density at radius 3 is 2.61 bits per heavy atom. The van der Waals surface area contributed by atoms with Crippen LogP contribution in [-0.2, 0) is 11.3 Å². The molecule has 3 N–H and O–H groups in total. The maximum Gasteiger partial charge on any atom is 0.227 e. The third kappa shape index (κ3) is 6.58. The van der Waals surface area contributed by atoms with Gasteiger partial charge in [0.1, 0.15) is 0 Å². The van der Waals surface area contributed by atoms with E-state index in [1.54, 1.807) is 0 Å². The van der Waals surface area contributed by atoms with Gasteiger partial charge in [-0.1, -0.05) is 18.6 Å². The van der Waals surface area contributed by atoms with Gasteiger partial charge in [-0.2, -0.15) is 0 Å². The van der Waals surface area contributed by atoms with E-state index in [2.05, 4.69) is 49.4 Å². The number of piperidine rings is 1. The van der Waals surface area contributed by atoms with Gasteiger partial charge in [0.2, 0.25) is 5.91 Å². The van der Waals surface area contributed by atoms with Gasteiger partial charge in [-0.3, -0.25) is 9.79 Å². The molecule has 31 heavy (non-hydrogen) atoms. The predicted molar refractivity (Wildman–Crippen MR) is 141 cm³/mol. The van der Waals surface area contributed by atoms with Crippen LogP contribution in [0.1, 0.15) is 37.7 Å². The fourth-order valence-corrected chi connectivity index (χ4v) is 4.73. The van der Waals surface area contributed by atoms with E-state index in [-0.39, 0.29) is 35.8 Å². The van der Waals surface area contributed by atoms with E-state index in [0.29, 0.717) is 12.6 Å². The fraction of sp³-hybridized carbons (Fsp3) is 0.478. The fourth-order valence-electron chi connectivity index (χ4n) is 3.94. The molecule has 0 unspecified atom stereocenters. The number of amides is 1. The van der Waals surface area contributed by atoms with Crippen molar-refractivity contribution in [3.8, 4) is 0 Å². The Kier molecular flexibility index (Phi) is 9.01. The van der Waals surface area contributed by atoms with Crippen molar-refractivity contribution >= 4 is 57.9 Å². The van der Waals surface area contributed by atoms with Gasteiger partial charge in [0.05, 0.1) is 5.00 Å². The zero-order valence-corrected chi connectivity index (χ0v) is 21.1. The van der Waals surface area contributed by atoms with Crippen LogP contribution in [0, 0.1) is 5.92 Å². The molecule has 1 aromatic heterocycles. The number of rotatable bonds is 6. The predicted octanol–water partition coefficient (Wildman–Crippen LogP) is 4.44. The van der Waals surface area contributed by atoms with Gasteiger partial charge in [-0.25, -0.2) is 0 Å². The number of thiophene rings is 1. The van der Waals surface area contributed by atoms with Crippen LogP contribution in [-0.4, -0.2) is 38.0 Å². The second-order valence-electron chi connectivity index (χ2n) is 8.10. The van der Waals surface area contributed by atoms with Crippen molar-refractivity contribution < 1.29 is 4.79 Å². The monoisotopic (exact) mass is 553 g/mol. The Labute approximate surface area is 205 Å². The third-order valence-corrected chi connectivity index (χ3v) is 6.94. The standard InChI is InChI=1S/C23H31N5OS.HI/c1-24-23(27-19-10-12-28(13-11-19)21-9-4-14-30-21)25-16-17-5-2-8-20(15-17)26-22(29)18-6-3-7-18;/h2,4-5,8-9,14-15,18-19H,3,6-7,10-13,16H2,1H3,(H,26,29)(H2,24,25,27);1H. The van der Waals surface area contributed by atoms with E-state index in [1.807, 2.05) is 36.6 Å². The molecule has 2 aromatic rings. The molecule has 2 aliphatic rings. The first-order valence-corrected chi connectivity index (χ1v) is 11.7. The van der Waals surface area contributed by atoms with Gasteiger partial charge in [-0.05, 0) is 60.9 Å². The molecule has 1 amide bonds. The van der Waals surface area contributed by atoms with E-state index in [4.69, 9.17) is 0 Å². The summed E-state index contributed by atoms with van der Waals surface area (Å²) in [5, 5.41) is 13.5. The van der Waals surface area contributed by atoms with Crippen molar-refractivity contribution in [1.82, 2.24) is 10.6 Å². The molecule has 0 atom stereocenters. The molecule has 1 aliphatic heterocycles. The van der Waals surface area contributed by atoms with Crippen molar-refractivity contribution in [3.63, 3.8) is 0 Å². The van der Waals surface area contributed by atoms with Crippen molar-refractivity contribution in [1.29, 1.82) is 0 Å². The molecular weight excluding hydrogens is 521 g/mol. The number of anilines is 2. The molecule has 8 heteroatoms. The number of guanidine groups is 1. The second-order valence-corrected chi connectivity index (χ2v) is 9.03. The number of hydrogen-bond acceptors (Lipinski definition) is 4. The number of aliphatic imine (C=N–C) groups is 1. The number of benzene rings is 1. The summed E-state index contributed by atoms with van der Waals surface area (Å²) in [6, 6.07) is 12.8. The van der Waals surface area contributed by atoms with Gasteiger partial charge >= 0.3 is 0 Å². The van der Waals surface area contributed by atoms with Gasteiger partial charge in [-0.15, -0.1) is 35.3 Å². The SMILES string of the molecule is CN=C(NCc1cccc(NC(=O)C2CCC2)c1)NC1CCN(c2cccs2)CC1.I. The number of nitrogens with zero attached hydrogens (tertiary/aromatic N) is 2. The topological polar surface area (TPSA) is 68.8 Å². The molecule has 1 saturated carbocycles. The number of nitrogens with one attached hydrogen (secondary N) is 3. The molecule has 1 aliphatic carbocycles. The second kappa shape index (κ2) is 11.7. The zero-order chi connectivity index (χ0) is 20.8. The van der Waals surface area contributed by atoms with Crippen LogP contribution >= 0.6 is 35.3 Å². The van der Waals surface area contributed by atoms with E-state index >= 15 is 0 Å². The average molecular weight is 554 g/mol. The van der Waals surface area contributed by atoms with Crippen LogP contribution in [0.25, 0.3) is 0 Å². The Bertz CT molecular complexity index is 861. The summed E-state index contributed by atoms with van der Waals surface area (Å²) in [5.74, 6) is 1.17. The molecule has 2 heterocycles. The summed E-state index contributed by atoms with van der Waals surface area (Å²) in [6.45, 7) is 2.80. The van der Waals surface area contributed by atoms with Crippen molar-refractivity contribution in [3.05, 3.63) is 47.3 Å². The zero-order valence-electron chi connectivity index (χ0n) is 18.0. The summed E-state index contributed by atoms with van der Waals surface area (Å²) < 4.78 is 0. The summed E-state index contributed by atoms with van der Waals surface area (Å²) in [6.07, 6.45) is 5.40. The normalized spacial score (nSPS) is 17.5. The highest BCUT2D eigenvalue weighted by Gasteiger charge is 2.25. The largest absolute Gasteiger partial charge is 0.363 e. The minimum absolute atomic E-state index is 0. The molecule has 6 nitrogen and oxygen atoms in total. The Morgan fingerprint density at radius 2 is 1.97 bits per heavy atom. The molecule has 0 bridgehead atoms. The van der Waals surface area contributed by atoms with Crippen LogP contribution in [0.5, 0.6) is 0 Å². The summed E-state index contributed by atoms with van der Waals surface area (Å²) in [7, 11) is 1.81. The summed E-state index contributed by atoms with van der Waals surface area (Å²) >= 11 is 1.81. The summed E-state index contributed by atoms with van der Waals surface area (Å²) in [5.41, 5.74) is 1.99. The molecule has 2 fully saturated rings. The molecular formula is C23H32IN5OS. The van der Waals surface area contributed by atoms with Gasteiger partial charge < -0.3 is 20.9 Å². The van der Waals surface area contributed by atoms with Gasteiger partial charge in [0.15, 0.2) is 5.96 Å². The smallest absolute Gasteiger partial charge is 0.227 e. The van der Waals surface area contributed by atoms with Crippen LogP contribution in [0.2, 0.25) is 0 Å². The van der Waals surface area contributed by atoms with E-state index in [9.17, 15) is 4.79 Å². The summed E-state index contributed by atoms with van der Waals surface area (Å²) in [4.78, 5) is 19.0. The lowest BCUT2D eigenvalue weighted by Gasteiger charge is -2.33. The highest BCUT2D eigenvalue weighted by molar-refractivity contribution is 14.0. The molecule has 0 radical (unpaired) electrons. The lowest BCUT2D eigenvalue weighted by molar-refractivity contribution is -0.122. The number of halogens is 1. The van der Waals surface area contributed by atoms with Crippen LogP contribution in [0.15, 0.2) is 46.8 Å². The van der Waals surface area contributed by atoms with Crippen LogP contribution in [0.4, 0.5) is 10.7 Å². The highest BCUT2D eigenvalue weighted by Crippen LogP contribution is 2.28. The number of carbonyl (C=O) groups excluding carboxylic acids is 1. The number of carbonyl (C=O) groups is 1. The number of hydrogen-bond donors (Lipinski definition) is 3. The maximum absolute atomic E-state index is 12.2. The Hall–Kier alpha value is -1.81. The van der Waals surface area contributed by atoms with E-state index in [0.717, 1.165) is 56.0 Å². The van der Waals surface area contributed by atoms with Gasteiger partial charge in [0.25, 0.3) is 0 Å². The highest BCUT2D eigenvalue weighted by atomic mass is 127. The van der Waals surface area contributed by atoms with Crippen molar-refractivity contribution in [2.45, 2.75) is 44.7 Å². The van der Waals surface area contributed by atoms with Crippen LogP contribution < -0.4 is 20.9 Å². The van der Waals surface area contributed by atoms with Crippen molar-refractivity contribution in [2.24, 2.45) is 10.9 Å². The van der Waals surface area contributed by atoms with E-state index in [1.165, 1.54) is 11.4 Å². The quantitative estimate of drug-likeness (QED) is 0.281. The van der Waals surface area contributed by atoms with Crippen molar-refractivity contribution in [2.75, 3.05) is 30.4 Å².